The summed E-state index contributed by atoms with van der Waals surface area (Å²) in [6.07, 6.45) is 3.50. The van der Waals surface area contributed by atoms with Crippen molar-refractivity contribution in [2.45, 2.75) is 27.3 Å². The first-order chi connectivity index (χ1) is 12.5. The summed E-state index contributed by atoms with van der Waals surface area (Å²) in [5.74, 6) is 0.165. The highest BCUT2D eigenvalue weighted by molar-refractivity contribution is 6.03. The molecule has 0 aliphatic carbocycles. The highest BCUT2D eigenvalue weighted by Gasteiger charge is 2.13. The molecule has 0 saturated heterocycles. The lowest BCUT2D eigenvalue weighted by molar-refractivity contribution is 0.102. The highest BCUT2D eigenvalue weighted by Crippen LogP contribution is 2.20. The molecule has 2 heterocycles. The van der Waals surface area contributed by atoms with E-state index in [9.17, 15) is 4.79 Å². The van der Waals surface area contributed by atoms with E-state index in [0.717, 1.165) is 28.1 Å². The summed E-state index contributed by atoms with van der Waals surface area (Å²) in [5, 5.41) is 6.10. The van der Waals surface area contributed by atoms with E-state index in [1.165, 1.54) is 0 Å². The Morgan fingerprint density at radius 3 is 2.50 bits per heavy atom. The highest BCUT2D eigenvalue weighted by atomic mass is 16.1. The molecule has 0 aliphatic heterocycles. The second-order valence-corrected chi connectivity index (χ2v) is 6.15. The molecule has 1 aromatic carbocycles. The van der Waals surface area contributed by atoms with Crippen LogP contribution in [0.3, 0.4) is 0 Å². The molecule has 0 bridgehead atoms. The van der Waals surface area contributed by atoms with Crippen molar-refractivity contribution < 1.29 is 4.79 Å². The molecule has 3 rings (SSSR count). The number of aromatic nitrogens is 3. The number of carbonyl (C=O) groups is 1. The molecule has 132 valence electrons. The van der Waals surface area contributed by atoms with Gasteiger partial charge in [-0.05, 0) is 49.6 Å². The number of anilines is 2. The van der Waals surface area contributed by atoms with Gasteiger partial charge >= 0.3 is 0 Å². The van der Waals surface area contributed by atoms with Crippen molar-refractivity contribution in [2.75, 3.05) is 10.6 Å². The second-order valence-electron chi connectivity index (χ2n) is 6.15. The lowest BCUT2D eigenvalue weighted by Crippen LogP contribution is -2.17. The van der Waals surface area contributed by atoms with E-state index in [1.54, 1.807) is 18.5 Å². The number of nitrogens with zero attached hydrogens (tertiary/aromatic N) is 3. The summed E-state index contributed by atoms with van der Waals surface area (Å²) in [4.78, 5) is 25.4. The number of hydrogen-bond acceptors (Lipinski definition) is 5. The van der Waals surface area contributed by atoms with Crippen LogP contribution in [0.15, 0.2) is 48.8 Å². The number of para-hydroxylation sites is 1. The minimum absolute atomic E-state index is 0.252. The number of nitrogens with one attached hydrogen (secondary N) is 2. The van der Waals surface area contributed by atoms with Crippen molar-refractivity contribution in [3.05, 3.63) is 76.9 Å². The third-order valence-corrected chi connectivity index (χ3v) is 3.98. The average Bonchev–Trinajstić information content (AvgIpc) is 2.63. The first-order valence-corrected chi connectivity index (χ1v) is 8.39. The predicted octanol–water partition coefficient (Wildman–Crippen LogP) is 3.66. The van der Waals surface area contributed by atoms with Gasteiger partial charge in [0, 0.05) is 30.3 Å². The van der Waals surface area contributed by atoms with Gasteiger partial charge < -0.3 is 10.6 Å². The Morgan fingerprint density at radius 1 is 1.04 bits per heavy atom. The molecule has 0 atom stereocenters. The van der Waals surface area contributed by atoms with Crippen LogP contribution in [0.2, 0.25) is 0 Å². The van der Waals surface area contributed by atoms with Gasteiger partial charge in [-0.25, -0.2) is 9.97 Å². The zero-order valence-corrected chi connectivity index (χ0v) is 15.1. The molecule has 0 spiro atoms. The molecule has 0 radical (unpaired) electrons. The van der Waals surface area contributed by atoms with Crippen LogP contribution in [0.25, 0.3) is 0 Å². The maximum atomic E-state index is 12.7. The molecule has 2 aromatic heterocycles. The fourth-order valence-corrected chi connectivity index (χ4v) is 2.64. The molecule has 0 aliphatic rings. The van der Waals surface area contributed by atoms with Gasteiger partial charge in [0.1, 0.15) is 5.69 Å². The number of amides is 1. The maximum absolute atomic E-state index is 12.7. The summed E-state index contributed by atoms with van der Waals surface area (Å²) >= 11 is 0. The van der Waals surface area contributed by atoms with Gasteiger partial charge in [0.15, 0.2) is 0 Å². The second kappa shape index (κ2) is 7.74. The number of hydrogen-bond donors (Lipinski definition) is 2. The van der Waals surface area contributed by atoms with Crippen LogP contribution in [0, 0.1) is 20.8 Å². The minimum atomic E-state index is -0.252. The number of carbonyl (C=O) groups excluding carboxylic acids is 1. The van der Waals surface area contributed by atoms with Crippen molar-refractivity contribution in [2.24, 2.45) is 0 Å². The summed E-state index contributed by atoms with van der Waals surface area (Å²) in [6.45, 7) is 6.31. The van der Waals surface area contributed by atoms with Gasteiger partial charge in [-0.1, -0.05) is 24.3 Å². The number of aryl methyl sites for hydroxylation is 3. The fraction of sp³-hybridized carbons (Fsp3) is 0.200. The zero-order chi connectivity index (χ0) is 18.5. The molecule has 0 saturated carbocycles. The number of rotatable bonds is 5. The van der Waals surface area contributed by atoms with Crippen LogP contribution in [0.5, 0.6) is 0 Å². The van der Waals surface area contributed by atoms with Gasteiger partial charge in [0.05, 0.1) is 0 Å². The molecule has 6 nitrogen and oxygen atoms in total. The van der Waals surface area contributed by atoms with Gasteiger partial charge in [0.25, 0.3) is 5.91 Å². The van der Waals surface area contributed by atoms with Crippen molar-refractivity contribution in [3.8, 4) is 0 Å². The first-order valence-electron chi connectivity index (χ1n) is 8.39. The molecule has 3 aromatic rings. The molecule has 26 heavy (non-hydrogen) atoms. The standard InChI is InChI=1S/C20H21N5O/c1-13-6-4-7-14(2)18(13)25-19(26)17-10-15(3)23-20(24-17)22-12-16-8-5-9-21-11-16/h4-11H,12H2,1-3H3,(H,25,26)(H,22,23,24). The van der Waals surface area contributed by atoms with Crippen LogP contribution in [-0.4, -0.2) is 20.9 Å². The quantitative estimate of drug-likeness (QED) is 0.736. The van der Waals surface area contributed by atoms with Crippen molar-refractivity contribution in [3.63, 3.8) is 0 Å². The molecule has 6 heteroatoms. The van der Waals surface area contributed by atoms with Crippen LogP contribution in [0.4, 0.5) is 11.6 Å². The molecule has 0 unspecified atom stereocenters. The van der Waals surface area contributed by atoms with Crippen LogP contribution >= 0.6 is 0 Å². The molecule has 0 fully saturated rings. The van der Waals surface area contributed by atoms with E-state index in [0.29, 0.717) is 18.2 Å². The van der Waals surface area contributed by atoms with Crippen LogP contribution < -0.4 is 10.6 Å². The van der Waals surface area contributed by atoms with Crippen LogP contribution in [-0.2, 0) is 6.54 Å². The smallest absolute Gasteiger partial charge is 0.274 e. The lowest BCUT2D eigenvalue weighted by atomic mass is 10.1. The van der Waals surface area contributed by atoms with E-state index in [-0.39, 0.29) is 5.91 Å². The topological polar surface area (TPSA) is 79.8 Å². The lowest BCUT2D eigenvalue weighted by Gasteiger charge is -2.12. The third kappa shape index (κ3) is 4.22. The minimum Gasteiger partial charge on any atom is -0.350 e. The Bertz CT molecular complexity index is 904. The molecule has 2 N–H and O–H groups in total. The SMILES string of the molecule is Cc1cc(C(=O)Nc2c(C)cccc2C)nc(NCc2cccnc2)n1. The molecular weight excluding hydrogens is 326 g/mol. The largest absolute Gasteiger partial charge is 0.350 e. The van der Waals surface area contributed by atoms with E-state index in [4.69, 9.17) is 0 Å². The number of benzene rings is 1. The summed E-state index contributed by atoms with van der Waals surface area (Å²) in [5.41, 5.74) is 4.91. The Hall–Kier alpha value is -3.28. The summed E-state index contributed by atoms with van der Waals surface area (Å²) in [7, 11) is 0. The van der Waals surface area contributed by atoms with Gasteiger partial charge in [0.2, 0.25) is 5.95 Å². The number of pyridine rings is 1. The molecular formula is C20H21N5O. The van der Waals surface area contributed by atoms with Gasteiger partial charge in [-0.3, -0.25) is 9.78 Å². The van der Waals surface area contributed by atoms with E-state index >= 15 is 0 Å². The summed E-state index contributed by atoms with van der Waals surface area (Å²) in [6, 6.07) is 11.4. The third-order valence-electron chi connectivity index (χ3n) is 3.98. The normalized spacial score (nSPS) is 10.4. The fourth-order valence-electron chi connectivity index (χ4n) is 2.64. The monoisotopic (exact) mass is 347 g/mol. The van der Waals surface area contributed by atoms with Crippen LogP contribution in [0.1, 0.15) is 32.9 Å². The Balaban J connectivity index is 1.77. The Labute approximate surface area is 152 Å². The van der Waals surface area contributed by atoms with Crippen molar-refractivity contribution in [1.29, 1.82) is 0 Å². The van der Waals surface area contributed by atoms with Gasteiger partial charge in [-0.15, -0.1) is 0 Å². The summed E-state index contributed by atoms with van der Waals surface area (Å²) < 4.78 is 0. The van der Waals surface area contributed by atoms with E-state index in [2.05, 4.69) is 25.6 Å². The Kier molecular flexibility index (Phi) is 5.22. The van der Waals surface area contributed by atoms with Gasteiger partial charge in [-0.2, -0.15) is 0 Å². The van der Waals surface area contributed by atoms with E-state index in [1.807, 2.05) is 51.1 Å². The predicted molar refractivity (Wildman–Crippen MR) is 102 cm³/mol. The molecule has 1 amide bonds. The van der Waals surface area contributed by atoms with Crippen molar-refractivity contribution >= 4 is 17.5 Å². The maximum Gasteiger partial charge on any atom is 0.274 e. The van der Waals surface area contributed by atoms with Crippen molar-refractivity contribution in [1.82, 2.24) is 15.0 Å². The average molecular weight is 347 g/mol. The first kappa shape index (κ1) is 17.5. The zero-order valence-electron chi connectivity index (χ0n) is 15.1. The van der Waals surface area contributed by atoms with E-state index < -0.39 is 0 Å². The Morgan fingerprint density at radius 2 is 1.81 bits per heavy atom.